The molecule has 2 fully saturated rings. The van der Waals surface area contributed by atoms with Crippen LogP contribution in [0.3, 0.4) is 0 Å². The lowest BCUT2D eigenvalue weighted by Crippen LogP contribution is -2.32. The van der Waals surface area contributed by atoms with Gasteiger partial charge >= 0.3 is 0 Å². The van der Waals surface area contributed by atoms with E-state index in [1.165, 1.54) is 24.3 Å². The molecule has 4 rings (SSSR count). The van der Waals surface area contributed by atoms with E-state index in [9.17, 15) is 0 Å². The minimum absolute atomic E-state index is 0.299. The fourth-order valence-corrected chi connectivity index (χ4v) is 4.22. The van der Waals surface area contributed by atoms with Gasteiger partial charge in [0.25, 0.3) is 0 Å². The molecule has 33 heavy (non-hydrogen) atoms. The number of nitrogens with zero attached hydrogens (tertiary/aromatic N) is 4. The molecule has 0 spiro atoms. The average Bonchev–Trinajstić information content (AvgIpc) is 3.65. The number of anilines is 1. The molecule has 178 valence electrons. The lowest BCUT2D eigenvalue weighted by molar-refractivity contribution is 0.153. The smallest absolute Gasteiger partial charge is 0.223 e. The molecule has 0 bridgehead atoms. The molecule has 0 atom stereocenters. The summed E-state index contributed by atoms with van der Waals surface area (Å²) in [6.45, 7) is 4.60. The van der Waals surface area contributed by atoms with Crippen LogP contribution in [0.2, 0.25) is 0 Å². The number of pyridine rings is 1. The fourth-order valence-electron chi connectivity index (χ4n) is 4.22. The predicted molar refractivity (Wildman–Crippen MR) is 131 cm³/mol. The molecule has 2 saturated carbocycles. The third-order valence-electron chi connectivity index (χ3n) is 6.39. The Balaban J connectivity index is 1.55. The van der Waals surface area contributed by atoms with E-state index in [2.05, 4.69) is 29.1 Å². The van der Waals surface area contributed by atoms with Gasteiger partial charge in [0, 0.05) is 24.9 Å². The third kappa shape index (κ3) is 5.93. The molecule has 8 heteroatoms. The van der Waals surface area contributed by atoms with Gasteiger partial charge in [0.1, 0.15) is 5.75 Å². The Bertz CT molecular complexity index is 978. The van der Waals surface area contributed by atoms with Crippen LogP contribution in [-0.2, 0) is 0 Å². The first-order valence-electron chi connectivity index (χ1n) is 12.1. The van der Waals surface area contributed by atoms with Crippen LogP contribution in [0.1, 0.15) is 87.7 Å². The summed E-state index contributed by atoms with van der Waals surface area (Å²) in [7, 11) is 1.78. The maximum Gasteiger partial charge on any atom is 0.223 e. The summed E-state index contributed by atoms with van der Waals surface area (Å²) in [5.41, 5.74) is 10.6. The number of aromatic nitrogens is 3. The van der Waals surface area contributed by atoms with Crippen molar-refractivity contribution in [2.24, 2.45) is 11.6 Å². The summed E-state index contributed by atoms with van der Waals surface area (Å²) >= 11 is 0. The Kier molecular flexibility index (Phi) is 7.33. The second-order valence-corrected chi connectivity index (χ2v) is 9.52. The molecule has 2 aliphatic rings. The van der Waals surface area contributed by atoms with E-state index in [0.717, 1.165) is 54.2 Å². The second-order valence-electron chi connectivity index (χ2n) is 9.52. The number of ether oxygens (including phenoxy) is 1. The van der Waals surface area contributed by atoms with Gasteiger partial charge in [-0.2, -0.15) is 0 Å². The van der Waals surface area contributed by atoms with Gasteiger partial charge in [-0.15, -0.1) is 0 Å². The van der Waals surface area contributed by atoms with Crippen LogP contribution in [0.5, 0.6) is 5.75 Å². The minimum atomic E-state index is 0.299. The zero-order valence-corrected chi connectivity index (χ0v) is 20.1. The van der Waals surface area contributed by atoms with Gasteiger partial charge in [-0.3, -0.25) is 0 Å². The molecule has 0 aliphatic heterocycles. The molecule has 2 aromatic rings. The number of hydrazine groups is 1. The Morgan fingerprint density at radius 3 is 2.55 bits per heavy atom. The highest BCUT2D eigenvalue weighted by Crippen LogP contribution is 2.44. The number of likely N-dealkylation sites (N-methyl/N-ethyl adjacent to an activating group) is 1. The maximum absolute atomic E-state index is 6.58. The highest BCUT2D eigenvalue weighted by atomic mass is 16.5. The van der Waals surface area contributed by atoms with E-state index in [0.29, 0.717) is 36.1 Å². The van der Waals surface area contributed by atoms with Crippen LogP contribution < -0.4 is 21.6 Å². The van der Waals surface area contributed by atoms with Crippen molar-refractivity contribution in [2.75, 3.05) is 18.9 Å². The Morgan fingerprint density at radius 1 is 1.12 bits per heavy atom. The largest absolute Gasteiger partial charge is 0.489 e. The van der Waals surface area contributed by atoms with E-state index in [1.54, 1.807) is 13.2 Å². The molecule has 8 nitrogen and oxygen atoms in total. The first-order valence-corrected chi connectivity index (χ1v) is 12.1. The van der Waals surface area contributed by atoms with Crippen molar-refractivity contribution < 1.29 is 4.74 Å². The van der Waals surface area contributed by atoms with Gasteiger partial charge in [0.15, 0.2) is 0 Å². The molecule has 2 aromatic heterocycles. The first-order chi connectivity index (χ1) is 15.9. The molecule has 2 aliphatic carbocycles. The molecule has 0 unspecified atom stereocenters. The van der Waals surface area contributed by atoms with Gasteiger partial charge in [-0.1, -0.05) is 20.3 Å². The predicted octanol–water partition coefficient (Wildman–Crippen LogP) is 4.13. The SMILES string of the molecule is CC(C)c1ccnc(NC/C(=C(/N)c2ccc(OC3CCCCC3)c(C3CC3)n2)N(C)N)n1. The van der Waals surface area contributed by atoms with E-state index >= 15 is 0 Å². The van der Waals surface area contributed by atoms with Crippen molar-refractivity contribution in [1.82, 2.24) is 20.0 Å². The quantitative estimate of drug-likeness (QED) is 0.385. The summed E-state index contributed by atoms with van der Waals surface area (Å²) in [6, 6.07) is 5.91. The van der Waals surface area contributed by atoms with Gasteiger partial charge in [0.05, 0.1) is 35.4 Å². The number of rotatable bonds is 9. The van der Waals surface area contributed by atoms with Crippen LogP contribution >= 0.6 is 0 Å². The Morgan fingerprint density at radius 2 is 1.88 bits per heavy atom. The number of nitrogens with two attached hydrogens (primary N) is 2. The van der Waals surface area contributed by atoms with Gasteiger partial charge < -0.3 is 20.8 Å². The third-order valence-corrected chi connectivity index (χ3v) is 6.39. The molecular weight excluding hydrogens is 414 g/mol. The molecule has 0 amide bonds. The summed E-state index contributed by atoms with van der Waals surface area (Å²) in [5.74, 6) is 8.40. The monoisotopic (exact) mass is 451 g/mol. The van der Waals surface area contributed by atoms with Crippen molar-refractivity contribution >= 4 is 11.6 Å². The molecular formula is C25H37N7O. The average molecular weight is 452 g/mol. The molecule has 0 saturated heterocycles. The standard InChI is InChI=1S/C25H37N7O/c1-16(2)19-13-14-28-25(31-19)29-15-21(32(3)27)23(26)20-11-12-22(24(30-20)17-9-10-17)33-18-7-5-4-6-8-18/h11-14,16-18H,4-10,15,26-27H2,1-3H3,(H,28,29,31)/b23-21-. The van der Waals surface area contributed by atoms with Crippen molar-refractivity contribution in [1.29, 1.82) is 0 Å². The van der Waals surface area contributed by atoms with Gasteiger partial charge in [-0.05, 0) is 62.6 Å². The van der Waals surface area contributed by atoms with E-state index in [1.807, 2.05) is 18.2 Å². The summed E-state index contributed by atoms with van der Waals surface area (Å²) in [6.07, 6.45) is 10.4. The highest BCUT2D eigenvalue weighted by Gasteiger charge is 2.30. The zero-order chi connectivity index (χ0) is 23.4. The Labute approximate surface area is 196 Å². The van der Waals surface area contributed by atoms with E-state index in [-0.39, 0.29) is 0 Å². The van der Waals surface area contributed by atoms with Crippen molar-refractivity contribution in [3.63, 3.8) is 0 Å². The normalized spacial score (nSPS) is 17.6. The van der Waals surface area contributed by atoms with Crippen LogP contribution in [0.25, 0.3) is 5.70 Å². The first kappa shape index (κ1) is 23.3. The highest BCUT2D eigenvalue weighted by molar-refractivity contribution is 5.64. The van der Waals surface area contributed by atoms with Crippen LogP contribution in [-0.4, -0.2) is 39.7 Å². The van der Waals surface area contributed by atoms with Crippen molar-refractivity contribution in [3.05, 3.63) is 47.2 Å². The van der Waals surface area contributed by atoms with Gasteiger partial charge in [-0.25, -0.2) is 20.8 Å². The maximum atomic E-state index is 6.58. The molecule has 2 heterocycles. The zero-order valence-electron chi connectivity index (χ0n) is 20.1. The lowest BCUT2D eigenvalue weighted by Gasteiger charge is -2.24. The summed E-state index contributed by atoms with van der Waals surface area (Å²) in [5, 5.41) is 4.78. The number of hydrogen-bond donors (Lipinski definition) is 3. The van der Waals surface area contributed by atoms with E-state index < -0.39 is 0 Å². The van der Waals surface area contributed by atoms with Crippen molar-refractivity contribution in [2.45, 2.75) is 76.7 Å². The molecule has 0 aromatic carbocycles. The molecule has 5 N–H and O–H groups in total. The summed E-state index contributed by atoms with van der Waals surface area (Å²) < 4.78 is 6.38. The second kappa shape index (κ2) is 10.4. The number of hydrogen-bond acceptors (Lipinski definition) is 8. The van der Waals surface area contributed by atoms with Crippen molar-refractivity contribution in [3.8, 4) is 5.75 Å². The molecule has 0 radical (unpaired) electrons. The topological polar surface area (TPSA) is 115 Å². The Hall–Kier alpha value is -2.87. The van der Waals surface area contributed by atoms with Crippen LogP contribution in [0.4, 0.5) is 5.95 Å². The number of nitrogens with one attached hydrogen (secondary N) is 1. The summed E-state index contributed by atoms with van der Waals surface area (Å²) in [4.78, 5) is 13.8. The van der Waals surface area contributed by atoms with E-state index in [4.69, 9.17) is 21.3 Å². The lowest BCUT2D eigenvalue weighted by atomic mass is 9.98. The minimum Gasteiger partial charge on any atom is -0.489 e. The van der Waals surface area contributed by atoms with Crippen LogP contribution in [0, 0.1) is 0 Å². The van der Waals surface area contributed by atoms with Gasteiger partial charge in [0.2, 0.25) is 5.95 Å². The van der Waals surface area contributed by atoms with Crippen LogP contribution in [0.15, 0.2) is 30.1 Å². The fraction of sp³-hybridized carbons (Fsp3) is 0.560.